The van der Waals surface area contributed by atoms with Crippen LogP contribution in [-0.2, 0) is 6.42 Å². The second kappa shape index (κ2) is 4.14. The van der Waals surface area contributed by atoms with Gasteiger partial charge >= 0.3 is 0 Å². The first-order valence-electron chi connectivity index (χ1n) is 5.49. The fourth-order valence-corrected chi connectivity index (χ4v) is 1.98. The van der Waals surface area contributed by atoms with Gasteiger partial charge in [-0.1, -0.05) is 37.3 Å². The molecule has 0 amide bonds. The Morgan fingerprint density at radius 1 is 1.29 bits per heavy atom. The summed E-state index contributed by atoms with van der Waals surface area (Å²) in [4.78, 5) is 0. The molecule has 2 rings (SSSR count). The Morgan fingerprint density at radius 3 is 2.50 bits per heavy atom. The van der Waals surface area contributed by atoms with Crippen molar-refractivity contribution in [2.75, 3.05) is 0 Å². The van der Waals surface area contributed by atoms with Gasteiger partial charge in [0.15, 0.2) is 0 Å². The maximum Gasteiger partial charge on any atom is 0.0608 e. The third-order valence-electron chi connectivity index (χ3n) is 3.26. The van der Waals surface area contributed by atoms with E-state index in [0.29, 0.717) is 5.92 Å². The molecule has 2 atom stereocenters. The Balaban J connectivity index is 1.90. The second-order valence-corrected chi connectivity index (χ2v) is 4.45. The predicted octanol–water partition coefficient (Wildman–Crippen LogP) is 2.64. The molecule has 14 heavy (non-hydrogen) atoms. The quantitative estimate of drug-likeness (QED) is 0.774. The average molecular weight is 190 g/mol. The van der Waals surface area contributed by atoms with Crippen LogP contribution in [0.1, 0.15) is 25.3 Å². The third-order valence-corrected chi connectivity index (χ3v) is 3.26. The highest BCUT2D eigenvalue weighted by molar-refractivity contribution is 5.15. The summed E-state index contributed by atoms with van der Waals surface area (Å²) in [6.07, 6.45) is 3.27. The molecule has 1 nitrogen and oxygen atoms in total. The van der Waals surface area contributed by atoms with Crippen LogP contribution in [-0.4, -0.2) is 11.2 Å². The number of rotatable bonds is 4. The van der Waals surface area contributed by atoms with E-state index in [-0.39, 0.29) is 6.10 Å². The van der Waals surface area contributed by atoms with Crippen LogP contribution >= 0.6 is 0 Å². The van der Waals surface area contributed by atoms with Crippen LogP contribution in [0.2, 0.25) is 0 Å². The van der Waals surface area contributed by atoms with Crippen molar-refractivity contribution in [1.82, 2.24) is 0 Å². The van der Waals surface area contributed by atoms with E-state index < -0.39 is 0 Å². The van der Waals surface area contributed by atoms with Gasteiger partial charge in [-0.05, 0) is 36.7 Å². The molecule has 1 aromatic rings. The van der Waals surface area contributed by atoms with Crippen LogP contribution < -0.4 is 0 Å². The van der Waals surface area contributed by atoms with Crippen molar-refractivity contribution >= 4 is 0 Å². The van der Waals surface area contributed by atoms with Gasteiger partial charge in [0, 0.05) is 0 Å². The lowest BCUT2D eigenvalue weighted by Crippen LogP contribution is -2.21. The zero-order valence-corrected chi connectivity index (χ0v) is 8.69. The first kappa shape index (κ1) is 9.72. The minimum absolute atomic E-state index is 0.162. The molecule has 0 bridgehead atoms. The van der Waals surface area contributed by atoms with Gasteiger partial charge in [0.2, 0.25) is 0 Å². The van der Waals surface area contributed by atoms with Crippen molar-refractivity contribution < 1.29 is 5.11 Å². The van der Waals surface area contributed by atoms with Crippen molar-refractivity contribution in [3.05, 3.63) is 35.9 Å². The van der Waals surface area contributed by atoms with E-state index in [1.54, 1.807) is 0 Å². The van der Waals surface area contributed by atoms with Gasteiger partial charge in [-0.25, -0.2) is 0 Å². The maximum absolute atomic E-state index is 9.98. The summed E-state index contributed by atoms with van der Waals surface area (Å²) >= 11 is 0. The number of benzene rings is 1. The highest BCUT2D eigenvalue weighted by Gasteiger charge is 2.32. The van der Waals surface area contributed by atoms with Gasteiger partial charge in [0.1, 0.15) is 0 Å². The van der Waals surface area contributed by atoms with Crippen molar-refractivity contribution in [1.29, 1.82) is 0 Å². The third kappa shape index (κ3) is 2.36. The van der Waals surface area contributed by atoms with Crippen LogP contribution in [0, 0.1) is 11.8 Å². The lowest BCUT2D eigenvalue weighted by molar-refractivity contribution is 0.105. The van der Waals surface area contributed by atoms with E-state index in [9.17, 15) is 5.11 Å². The highest BCUT2D eigenvalue weighted by atomic mass is 16.3. The minimum Gasteiger partial charge on any atom is -0.392 e. The highest BCUT2D eigenvalue weighted by Crippen LogP contribution is 2.38. The molecule has 1 N–H and O–H groups in total. The summed E-state index contributed by atoms with van der Waals surface area (Å²) in [5.74, 6) is 1.25. The molecule has 0 aromatic heterocycles. The van der Waals surface area contributed by atoms with Crippen LogP contribution in [0.3, 0.4) is 0 Å². The maximum atomic E-state index is 9.98. The molecule has 1 aliphatic carbocycles. The van der Waals surface area contributed by atoms with E-state index in [1.807, 2.05) is 18.2 Å². The van der Waals surface area contributed by atoms with Gasteiger partial charge in [-0.15, -0.1) is 0 Å². The Hall–Kier alpha value is -0.820. The van der Waals surface area contributed by atoms with Crippen LogP contribution in [0.5, 0.6) is 0 Å². The summed E-state index contributed by atoms with van der Waals surface area (Å²) in [6.45, 7) is 2.17. The number of aliphatic hydroxyl groups excluding tert-OH is 1. The van der Waals surface area contributed by atoms with Crippen molar-refractivity contribution in [2.24, 2.45) is 11.8 Å². The molecular weight excluding hydrogens is 172 g/mol. The summed E-state index contributed by atoms with van der Waals surface area (Å²) in [5.41, 5.74) is 1.24. The van der Waals surface area contributed by atoms with E-state index in [4.69, 9.17) is 0 Å². The first-order chi connectivity index (χ1) is 6.77. The van der Waals surface area contributed by atoms with Crippen LogP contribution in [0.4, 0.5) is 0 Å². The molecule has 2 unspecified atom stereocenters. The van der Waals surface area contributed by atoms with E-state index in [0.717, 1.165) is 12.3 Å². The summed E-state index contributed by atoms with van der Waals surface area (Å²) in [6, 6.07) is 10.2. The smallest absolute Gasteiger partial charge is 0.0608 e. The van der Waals surface area contributed by atoms with Crippen molar-refractivity contribution in [3.8, 4) is 0 Å². The molecule has 0 spiro atoms. The van der Waals surface area contributed by atoms with Gasteiger partial charge in [0.25, 0.3) is 0 Å². The lowest BCUT2D eigenvalue weighted by Gasteiger charge is -2.18. The molecule has 0 aliphatic heterocycles. The predicted molar refractivity (Wildman–Crippen MR) is 58.0 cm³/mol. The molecule has 1 fully saturated rings. The summed E-state index contributed by atoms with van der Waals surface area (Å²) in [5, 5.41) is 9.98. The monoisotopic (exact) mass is 190 g/mol. The number of aliphatic hydroxyl groups is 1. The Morgan fingerprint density at radius 2 is 1.93 bits per heavy atom. The molecule has 1 aromatic carbocycles. The molecule has 0 radical (unpaired) electrons. The zero-order valence-electron chi connectivity index (χ0n) is 8.69. The lowest BCUT2D eigenvalue weighted by atomic mass is 9.94. The first-order valence-corrected chi connectivity index (χ1v) is 5.49. The molecule has 0 saturated heterocycles. The van der Waals surface area contributed by atoms with E-state index >= 15 is 0 Å². The summed E-state index contributed by atoms with van der Waals surface area (Å²) in [7, 11) is 0. The largest absolute Gasteiger partial charge is 0.392 e. The topological polar surface area (TPSA) is 20.2 Å². The molecule has 1 saturated carbocycles. The van der Waals surface area contributed by atoms with E-state index in [1.165, 1.54) is 18.4 Å². The van der Waals surface area contributed by atoms with Crippen LogP contribution in [0.25, 0.3) is 0 Å². The molecule has 1 heteroatoms. The van der Waals surface area contributed by atoms with E-state index in [2.05, 4.69) is 19.1 Å². The standard InChI is InChI=1S/C13H18O/c1-10(12-7-8-12)13(14)9-11-5-3-2-4-6-11/h2-6,10,12-14H,7-9H2,1H3. The normalized spacial score (nSPS) is 20.4. The van der Waals surface area contributed by atoms with Gasteiger partial charge < -0.3 is 5.11 Å². The SMILES string of the molecule is CC(C(O)Cc1ccccc1)C1CC1. The average Bonchev–Trinajstić information content (AvgIpc) is 3.01. The zero-order chi connectivity index (χ0) is 9.97. The fraction of sp³-hybridized carbons (Fsp3) is 0.538. The van der Waals surface area contributed by atoms with Gasteiger partial charge in [-0.2, -0.15) is 0 Å². The number of hydrogen-bond donors (Lipinski definition) is 1. The molecule has 1 aliphatic rings. The molecular formula is C13H18O. The second-order valence-electron chi connectivity index (χ2n) is 4.45. The minimum atomic E-state index is -0.162. The number of hydrogen-bond acceptors (Lipinski definition) is 1. The Labute approximate surface area is 85.8 Å². The molecule has 76 valence electrons. The molecule has 0 heterocycles. The Bertz CT molecular complexity index is 277. The van der Waals surface area contributed by atoms with Crippen molar-refractivity contribution in [2.45, 2.75) is 32.3 Å². The summed E-state index contributed by atoms with van der Waals surface area (Å²) < 4.78 is 0. The Kier molecular flexibility index (Phi) is 2.87. The van der Waals surface area contributed by atoms with Crippen LogP contribution in [0.15, 0.2) is 30.3 Å². The van der Waals surface area contributed by atoms with Crippen molar-refractivity contribution in [3.63, 3.8) is 0 Å². The fourth-order valence-electron chi connectivity index (χ4n) is 1.98. The van der Waals surface area contributed by atoms with Gasteiger partial charge in [0.05, 0.1) is 6.10 Å². The van der Waals surface area contributed by atoms with Gasteiger partial charge in [-0.3, -0.25) is 0 Å².